The molecule has 28 heavy (non-hydrogen) atoms. The quantitative estimate of drug-likeness (QED) is 0.588. The number of carbonyl (C=O) groups is 1. The number of hydrogen-bond donors (Lipinski definition) is 0. The second-order valence-corrected chi connectivity index (χ2v) is 7.26. The van der Waals surface area contributed by atoms with Gasteiger partial charge >= 0.3 is 0 Å². The van der Waals surface area contributed by atoms with Crippen molar-refractivity contribution < 1.29 is 9.53 Å². The van der Waals surface area contributed by atoms with E-state index in [1.54, 1.807) is 6.08 Å². The van der Waals surface area contributed by atoms with E-state index in [0.29, 0.717) is 32.7 Å². The van der Waals surface area contributed by atoms with Crippen molar-refractivity contribution in [1.29, 1.82) is 0 Å². The average molecular weight is 375 g/mol. The minimum Gasteiger partial charge on any atom is -0.492 e. The molecule has 144 valence electrons. The van der Waals surface area contributed by atoms with Crippen LogP contribution in [-0.2, 0) is 11.3 Å². The van der Waals surface area contributed by atoms with Crippen LogP contribution in [0.15, 0.2) is 61.2 Å². The fourth-order valence-corrected chi connectivity index (χ4v) is 3.81. The first-order valence-corrected chi connectivity index (χ1v) is 9.69. The summed E-state index contributed by atoms with van der Waals surface area (Å²) in [6.07, 6.45) is 2.27. The van der Waals surface area contributed by atoms with Gasteiger partial charge in [-0.05, 0) is 31.2 Å². The van der Waals surface area contributed by atoms with Crippen LogP contribution in [0.25, 0.3) is 11.0 Å². The molecule has 5 nitrogen and oxygen atoms in total. The fraction of sp³-hybridized carbons (Fsp3) is 0.304. The summed E-state index contributed by atoms with van der Waals surface area (Å²) in [5.41, 5.74) is 3.26. The summed E-state index contributed by atoms with van der Waals surface area (Å²) >= 11 is 0. The molecule has 0 radical (unpaired) electrons. The lowest BCUT2D eigenvalue weighted by Gasteiger charge is -2.16. The van der Waals surface area contributed by atoms with Crippen LogP contribution < -0.4 is 4.74 Å². The maximum atomic E-state index is 12.3. The zero-order chi connectivity index (χ0) is 19.5. The van der Waals surface area contributed by atoms with Gasteiger partial charge in [0.05, 0.1) is 17.6 Å². The van der Waals surface area contributed by atoms with Gasteiger partial charge in [-0.25, -0.2) is 4.98 Å². The molecule has 0 spiro atoms. The second-order valence-electron chi connectivity index (χ2n) is 7.26. The van der Waals surface area contributed by atoms with Gasteiger partial charge in [-0.3, -0.25) is 4.79 Å². The Balaban J connectivity index is 1.56. The molecular weight excluding hydrogens is 350 g/mol. The maximum absolute atomic E-state index is 12.3. The molecule has 0 aliphatic carbocycles. The third kappa shape index (κ3) is 3.65. The topological polar surface area (TPSA) is 47.4 Å². The molecule has 1 aliphatic rings. The summed E-state index contributed by atoms with van der Waals surface area (Å²) in [6, 6.07) is 16.2. The van der Waals surface area contributed by atoms with Crippen LogP contribution in [-0.4, -0.2) is 40.1 Å². The number of ether oxygens (including phenoxy) is 1. The summed E-state index contributed by atoms with van der Waals surface area (Å²) in [5.74, 6) is 2.09. The van der Waals surface area contributed by atoms with Crippen molar-refractivity contribution in [2.45, 2.75) is 25.8 Å². The van der Waals surface area contributed by atoms with Crippen molar-refractivity contribution >= 4 is 16.9 Å². The van der Waals surface area contributed by atoms with Crippen LogP contribution in [0.2, 0.25) is 0 Å². The van der Waals surface area contributed by atoms with E-state index in [1.807, 2.05) is 47.4 Å². The molecule has 1 unspecified atom stereocenters. The van der Waals surface area contributed by atoms with Crippen LogP contribution in [0.1, 0.15) is 23.7 Å². The number of benzene rings is 2. The van der Waals surface area contributed by atoms with Crippen molar-refractivity contribution in [2.75, 3.05) is 19.7 Å². The molecule has 1 fully saturated rings. The number of fused-ring (bicyclic) bond motifs is 1. The molecular formula is C23H25N3O2. The highest BCUT2D eigenvalue weighted by atomic mass is 16.5. The molecule has 2 aromatic carbocycles. The molecule has 0 bridgehead atoms. The van der Waals surface area contributed by atoms with Crippen LogP contribution in [0.4, 0.5) is 0 Å². The summed E-state index contributed by atoms with van der Waals surface area (Å²) in [5, 5.41) is 0. The Labute approximate surface area is 165 Å². The van der Waals surface area contributed by atoms with Crippen molar-refractivity contribution in [1.82, 2.24) is 14.5 Å². The van der Waals surface area contributed by atoms with Crippen LogP contribution in [0, 0.1) is 6.92 Å². The lowest BCUT2D eigenvalue weighted by atomic mass is 10.1. The minimum absolute atomic E-state index is 0.0965. The standard InChI is InChI=1S/C23H25N3O2/c1-3-12-25-16-18(15-22(25)27)23-24-20-6-4-5-7-21(20)26(23)13-14-28-19-10-8-17(2)9-11-19/h3-11,18H,1,12-16H2,2H3. The third-order valence-electron chi connectivity index (χ3n) is 5.22. The number of aryl methyl sites for hydroxylation is 1. The Morgan fingerprint density at radius 1 is 1.21 bits per heavy atom. The average Bonchev–Trinajstić information content (AvgIpc) is 3.25. The number of rotatable bonds is 7. The number of hydrogen-bond acceptors (Lipinski definition) is 3. The number of imidazole rings is 1. The van der Waals surface area contributed by atoms with Gasteiger partial charge in [0.25, 0.3) is 0 Å². The molecule has 4 rings (SSSR count). The van der Waals surface area contributed by atoms with Gasteiger partial charge in [0.15, 0.2) is 0 Å². The molecule has 1 amide bonds. The molecule has 0 saturated carbocycles. The number of likely N-dealkylation sites (tertiary alicyclic amines) is 1. The fourth-order valence-electron chi connectivity index (χ4n) is 3.81. The largest absolute Gasteiger partial charge is 0.492 e. The third-order valence-corrected chi connectivity index (χ3v) is 5.22. The Bertz CT molecular complexity index is 991. The maximum Gasteiger partial charge on any atom is 0.223 e. The first kappa shape index (κ1) is 18.3. The second kappa shape index (κ2) is 7.89. The summed E-state index contributed by atoms with van der Waals surface area (Å²) in [4.78, 5) is 19.0. The van der Waals surface area contributed by atoms with Gasteiger partial charge in [-0.1, -0.05) is 35.9 Å². The van der Waals surface area contributed by atoms with E-state index >= 15 is 0 Å². The van der Waals surface area contributed by atoms with E-state index < -0.39 is 0 Å². The number of aromatic nitrogens is 2. The molecule has 2 heterocycles. The highest BCUT2D eigenvalue weighted by Gasteiger charge is 2.33. The molecule has 5 heteroatoms. The monoisotopic (exact) mass is 375 g/mol. The number of carbonyl (C=O) groups excluding carboxylic acids is 1. The Morgan fingerprint density at radius 2 is 2.00 bits per heavy atom. The first-order chi connectivity index (χ1) is 13.7. The highest BCUT2D eigenvalue weighted by molar-refractivity contribution is 5.81. The van der Waals surface area contributed by atoms with Crippen molar-refractivity contribution in [2.24, 2.45) is 0 Å². The van der Waals surface area contributed by atoms with Gasteiger partial charge in [0.1, 0.15) is 18.2 Å². The van der Waals surface area contributed by atoms with E-state index in [0.717, 1.165) is 22.6 Å². The van der Waals surface area contributed by atoms with Crippen molar-refractivity contribution in [3.05, 3.63) is 72.6 Å². The SMILES string of the molecule is C=CCN1CC(c2nc3ccccc3n2CCOc2ccc(C)cc2)CC1=O. The molecule has 1 aliphatic heterocycles. The van der Waals surface area contributed by atoms with E-state index in [4.69, 9.17) is 9.72 Å². The molecule has 1 atom stereocenters. The molecule has 1 saturated heterocycles. The number of amides is 1. The Kier molecular flexibility index (Phi) is 5.15. The zero-order valence-electron chi connectivity index (χ0n) is 16.2. The van der Waals surface area contributed by atoms with E-state index in [1.165, 1.54) is 5.56 Å². The summed E-state index contributed by atoms with van der Waals surface area (Å²) in [7, 11) is 0. The Morgan fingerprint density at radius 3 is 2.79 bits per heavy atom. The lowest BCUT2D eigenvalue weighted by Crippen LogP contribution is -2.25. The number of para-hydroxylation sites is 2. The van der Waals surface area contributed by atoms with Crippen LogP contribution in [0.5, 0.6) is 5.75 Å². The normalized spacial score (nSPS) is 16.7. The van der Waals surface area contributed by atoms with Gasteiger partial charge in [-0.2, -0.15) is 0 Å². The minimum atomic E-state index is 0.0965. The van der Waals surface area contributed by atoms with Gasteiger partial charge < -0.3 is 14.2 Å². The smallest absolute Gasteiger partial charge is 0.223 e. The highest BCUT2D eigenvalue weighted by Crippen LogP contribution is 2.30. The van der Waals surface area contributed by atoms with Crippen molar-refractivity contribution in [3.8, 4) is 5.75 Å². The van der Waals surface area contributed by atoms with E-state index in [9.17, 15) is 4.79 Å². The number of nitrogens with zero attached hydrogens (tertiary/aromatic N) is 3. The molecule has 3 aromatic rings. The van der Waals surface area contributed by atoms with Gasteiger partial charge in [0, 0.05) is 25.4 Å². The summed E-state index contributed by atoms with van der Waals surface area (Å²) in [6.45, 7) is 8.33. The Hall–Kier alpha value is -3.08. The van der Waals surface area contributed by atoms with Crippen LogP contribution in [0.3, 0.4) is 0 Å². The van der Waals surface area contributed by atoms with Crippen LogP contribution >= 0.6 is 0 Å². The molecule has 0 N–H and O–H groups in total. The van der Waals surface area contributed by atoms with Gasteiger partial charge in [-0.15, -0.1) is 6.58 Å². The molecule has 1 aromatic heterocycles. The zero-order valence-corrected chi connectivity index (χ0v) is 16.2. The predicted molar refractivity (Wildman–Crippen MR) is 111 cm³/mol. The van der Waals surface area contributed by atoms with E-state index in [-0.39, 0.29) is 11.8 Å². The van der Waals surface area contributed by atoms with Crippen molar-refractivity contribution in [3.63, 3.8) is 0 Å². The predicted octanol–water partition coefficient (Wildman–Crippen LogP) is 3.93. The first-order valence-electron chi connectivity index (χ1n) is 9.69. The lowest BCUT2D eigenvalue weighted by molar-refractivity contribution is -0.127. The van der Waals surface area contributed by atoms with Gasteiger partial charge in [0.2, 0.25) is 5.91 Å². The van der Waals surface area contributed by atoms with E-state index in [2.05, 4.69) is 24.1 Å². The summed E-state index contributed by atoms with van der Waals surface area (Å²) < 4.78 is 8.15.